The van der Waals surface area contributed by atoms with Crippen LogP contribution in [0.2, 0.25) is 5.02 Å². The SMILES string of the molecule is COc1ccc(S(=O)(=O)NC(C(=O)Nc2ccc(C)c(Cl)c2)C(C)C)cc1. The van der Waals surface area contributed by atoms with Crippen molar-refractivity contribution in [2.75, 3.05) is 12.4 Å². The number of rotatable bonds is 7. The average Bonchev–Trinajstić information content (AvgIpc) is 2.62. The number of anilines is 1. The molecule has 146 valence electrons. The fraction of sp³-hybridized carbons (Fsp3) is 0.316. The Hall–Kier alpha value is -2.09. The smallest absolute Gasteiger partial charge is 0.242 e. The zero-order valence-corrected chi connectivity index (χ0v) is 17.2. The van der Waals surface area contributed by atoms with Gasteiger partial charge in [0.2, 0.25) is 15.9 Å². The van der Waals surface area contributed by atoms with Gasteiger partial charge in [-0.2, -0.15) is 4.72 Å². The molecular weight excluding hydrogens is 388 g/mol. The first-order valence-corrected chi connectivity index (χ1v) is 10.2. The summed E-state index contributed by atoms with van der Waals surface area (Å²) in [6.45, 7) is 5.39. The monoisotopic (exact) mass is 410 g/mol. The van der Waals surface area contributed by atoms with E-state index >= 15 is 0 Å². The highest BCUT2D eigenvalue weighted by Crippen LogP contribution is 2.21. The van der Waals surface area contributed by atoms with Crippen LogP contribution >= 0.6 is 11.6 Å². The van der Waals surface area contributed by atoms with Crippen LogP contribution in [0.5, 0.6) is 5.75 Å². The number of sulfonamides is 1. The van der Waals surface area contributed by atoms with Crippen molar-refractivity contribution in [2.45, 2.75) is 31.7 Å². The number of amides is 1. The molecule has 0 aromatic heterocycles. The molecule has 2 N–H and O–H groups in total. The quantitative estimate of drug-likeness (QED) is 0.730. The molecule has 0 fully saturated rings. The van der Waals surface area contributed by atoms with Crippen LogP contribution in [0.3, 0.4) is 0 Å². The highest BCUT2D eigenvalue weighted by Gasteiger charge is 2.28. The van der Waals surface area contributed by atoms with Crippen LogP contribution < -0.4 is 14.8 Å². The minimum Gasteiger partial charge on any atom is -0.497 e. The van der Waals surface area contributed by atoms with E-state index in [9.17, 15) is 13.2 Å². The molecule has 0 radical (unpaired) electrons. The Balaban J connectivity index is 2.20. The molecule has 0 spiro atoms. The van der Waals surface area contributed by atoms with Crippen LogP contribution in [0, 0.1) is 12.8 Å². The van der Waals surface area contributed by atoms with Crippen molar-refractivity contribution >= 4 is 33.2 Å². The lowest BCUT2D eigenvalue weighted by atomic mass is 10.0. The lowest BCUT2D eigenvalue weighted by Gasteiger charge is -2.22. The number of nitrogens with one attached hydrogen (secondary N) is 2. The summed E-state index contributed by atoms with van der Waals surface area (Å²) in [4.78, 5) is 12.7. The number of hydrogen-bond donors (Lipinski definition) is 2. The molecule has 27 heavy (non-hydrogen) atoms. The maximum atomic E-state index is 12.7. The van der Waals surface area contributed by atoms with Crippen LogP contribution in [0.4, 0.5) is 5.69 Å². The molecule has 6 nitrogen and oxygen atoms in total. The third kappa shape index (κ3) is 5.45. The minimum atomic E-state index is -3.87. The van der Waals surface area contributed by atoms with E-state index in [-0.39, 0.29) is 10.8 Å². The van der Waals surface area contributed by atoms with Gasteiger partial charge in [-0.3, -0.25) is 4.79 Å². The van der Waals surface area contributed by atoms with Crippen molar-refractivity contribution in [3.63, 3.8) is 0 Å². The molecule has 1 amide bonds. The Kier molecular flexibility index (Phi) is 6.86. The highest BCUT2D eigenvalue weighted by molar-refractivity contribution is 7.89. The van der Waals surface area contributed by atoms with Crippen LogP contribution in [0.1, 0.15) is 19.4 Å². The van der Waals surface area contributed by atoms with Crippen LogP contribution in [-0.4, -0.2) is 27.5 Å². The number of aryl methyl sites for hydroxylation is 1. The van der Waals surface area contributed by atoms with Crippen LogP contribution in [0.15, 0.2) is 47.4 Å². The van der Waals surface area contributed by atoms with E-state index in [1.807, 2.05) is 6.92 Å². The van der Waals surface area contributed by atoms with E-state index in [4.69, 9.17) is 16.3 Å². The number of hydrogen-bond acceptors (Lipinski definition) is 4. The molecule has 0 bridgehead atoms. The maximum absolute atomic E-state index is 12.7. The second-order valence-electron chi connectivity index (χ2n) is 6.47. The van der Waals surface area contributed by atoms with Gasteiger partial charge in [0, 0.05) is 10.7 Å². The second kappa shape index (κ2) is 8.73. The first kappa shape index (κ1) is 21.2. The fourth-order valence-corrected chi connectivity index (χ4v) is 3.90. The standard InChI is InChI=1S/C19H23ClN2O4S/c1-12(2)18(19(23)21-14-6-5-13(3)17(20)11-14)22-27(24,25)16-9-7-15(26-4)8-10-16/h5-12,18,22H,1-4H3,(H,21,23). The summed E-state index contributed by atoms with van der Waals surface area (Å²) >= 11 is 6.08. The Morgan fingerprint density at radius 2 is 1.74 bits per heavy atom. The van der Waals surface area contributed by atoms with Gasteiger partial charge in [-0.25, -0.2) is 8.42 Å². The van der Waals surface area contributed by atoms with Gasteiger partial charge in [-0.1, -0.05) is 31.5 Å². The van der Waals surface area contributed by atoms with Gasteiger partial charge in [-0.15, -0.1) is 0 Å². The molecule has 2 rings (SSSR count). The molecule has 0 aliphatic carbocycles. The Labute approximate surface area is 164 Å². The molecule has 0 heterocycles. The van der Waals surface area contributed by atoms with Gasteiger partial charge in [0.05, 0.1) is 12.0 Å². The molecule has 0 saturated carbocycles. The summed E-state index contributed by atoms with van der Waals surface area (Å²) in [5.41, 5.74) is 1.39. The van der Waals surface area contributed by atoms with Gasteiger partial charge in [0.1, 0.15) is 11.8 Å². The molecule has 0 aliphatic rings. The third-order valence-electron chi connectivity index (χ3n) is 4.04. The predicted molar refractivity (Wildman–Crippen MR) is 107 cm³/mol. The molecular formula is C19H23ClN2O4S. The van der Waals surface area contributed by atoms with Crippen LogP contribution in [0.25, 0.3) is 0 Å². The molecule has 2 aromatic carbocycles. The topological polar surface area (TPSA) is 84.5 Å². The van der Waals surface area contributed by atoms with Crippen molar-refractivity contribution in [3.8, 4) is 5.75 Å². The summed E-state index contributed by atoms with van der Waals surface area (Å²) in [7, 11) is -2.38. The summed E-state index contributed by atoms with van der Waals surface area (Å²) < 4.78 is 32.8. The Bertz CT molecular complexity index is 912. The third-order valence-corrected chi connectivity index (χ3v) is 5.90. The molecule has 1 atom stereocenters. The first-order chi connectivity index (χ1) is 12.6. The summed E-state index contributed by atoms with van der Waals surface area (Å²) in [6, 6.07) is 10.1. The van der Waals surface area contributed by atoms with Gasteiger partial charge in [0.25, 0.3) is 0 Å². The number of halogens is 1. The van der Waals surface area contributed by atoms with Crippen molar-refractivity contribution < 1.29 is 17.9 Å². The maximum Gasteiger partial charge on any atom is 0.242 e. The number of carbonyl (C=O) groups is 1. The second-order valence-corrected chi connectivity index (χ2v) is 8.59. The Morgan fingerprint density at radius 3 is 2.26 bits per heavy atom. The first-order valence-electron chi connectivity index (χ1n) is 8.37. The number of methoxy groups -OCH3 is 1. The van der Waals surface area contributed by atoms with Crippen LogP contribution in [-0.2, 0) is 14.8 Å². The van der Waals surface area contributed by atoms with Gasteiger partial charge < -0.3 is 10.1 Å². The number of carbonyl (C=O) groups excluding carboxylic acids is 1. The Morgan fingerprint density at radius 1 is 1.11 bits per heavy atom. The van der Waals surface area contributed by atoms with E-state index in [0.717, 1.165) is 5.56 Å². The van der Waals surface area contributed by atoms with E-state index in [0.29, 0.717) is 16.5 Å². The van der Waals surface area contributed by atoms with Gasteiger partial charge in [-0.05, 0) is 54.8 Å². The minimum absolute atomic E-state index is 0.0557. The predicted octanol–water partition coefficient (Wildman–Crippen LogP) is 3.60. The largest absolute Gasteiger partial charge is 0.497 e. The van der Waals surface area contributed by atoms with E-state index < -0.39 is 22.0 Å². The summed E-state index contributed by atoms with van der Waals surface area (Å²) in [6.07, 6.45) is 0. The molecule has 0 saturated heterocycles. The lowest BCUT2D eigenvalue weighted by Crippen LogP contribution is -2.47. The number of ether oxygens (including phenoxy) is 1. The van der Waals surface area contributed by atoms with Gasteiger partial charge in [0.15, 0.2) is 0 Å². The normalized spacial score (nSPS) is 12.7. The molecule has 2 aromatic rings. The molecule has 8 heteroatoms. The molecule has 1 unspecified atom stereocenters. The lowest BCUT2D eigenvalue weighted by molar-refractivity contribution is -0.118. The summed E-state index contributed by atoms with van der Waals surface area (Å²) in [5, 5.41) is 3.23. The fourth-order valence-electron chi connectivity index (χ4n) is 2.37. The highest BCUT2D eigenvalue weighted by atomic mass is 35.5. The van der Waals surface area contributed by atoms with E-state index in [1.54, 1.807) is 44.2 Å². The van der Waals surface area contributed by atoms with Gasteiger partial charge >= 0.3 is 0 Å². The van der Waals surface area contributed by atoms with E-state index in [2.05, 4.69) is 10.0 Å². The zero-order valence-electron chi connectivity index (χ0n) is 15.6. The number of benzene rings is 2. The van der Waals surface area contributed by atoms with Crippen molar-refractivity contribution in [1.29, 1.82) is 0 Å². The molecule has 0 aliphatic heterocycles. The summed E-state index contributed by atoms with van der Waals surface area (Å²) in [5.74, 6) is -0.177. The zero-order chi connectivity index (χ0) is 20.2. The van der Waals surface area contributed by atoms with Crippen molar-refractivity contribution in [2.24, 2.45) is 5.92 Å². The average molecular weight is 411 g/mol. The van der Waals surface area contributed by atoms with Crippen molar-refractivity contribution in [1.82, 2.24) is 4.72 Å². The van der Waals surface area contributed by atoms with Crippen molar-refractivity contribution in [3.05, 3.63) is 53.1 Å². The van der Waals surface area contributed by atoms with E-state index in [1.165, 1.54) is 19.2 Å².